The van der Waals surface area contributed by atoms with Crippen LogP contribution in [0.3, 0.4) is 0 Å². The largest absolute Gasteiger partial charge is 2.00 e. The van der Waals surface area contributed by atoms with Gasteiger partial charge in [-0.1, -0.05) is 78.9 Å². The molecule has 0 radical (unpaired) electrons. The number of anilines is 3. The van der Waals surface area contributed by atoms with Crippen LogP contribution in [0.25, 0.3) is 38.8 Å². The van der Waals surface area contributed by atoms with Crippen molar-refractivity contribution in [3.8, 4) is 16.9 Å². The van der Waals surface area contributed by atoms with Gasteiger partial charge in [-0.05, 0) is 59.3 Å². The Morgan fingerprint density at radius 1 is 0.761 bits per heavy atom. The molecule has 3 heterocycles. The second-order valence-corrected chi connectivity index (χ2v) is 16.6. The van der Waals surface area contributed by atoms with Gasteiger partial charge in [0.2, 0.25) is 0 Å². The SMILES string of the molecule is [2H]C([2H])([2H])N1CN(c2[c-]c([Si](C)(C)c3[c-]c4c(cc3)c3ccccc3n4-c3cc(-c4ccccc4C)ccn3)ccc2)c2ccccc21.[Pt+2]. The fraction of sp³-hybridized carbons (Fsp3) is 0.125. The Kier molecular flexibility index (Phi) is 6.82. The van der Waals surface area contributed by atoms with Crippen LogP contribution >= 0.6 is 0 Å². The van der Waals surface area contributed by atoms with Gasteiger partial charge in [0.05, 0.1) is 26.1 Å². The van der Waals surface area contributed by atoms with Crippen molar-refractivity contribution in [2.45, 2.75) is 20.0 Å². The van der Waals surface area contributed by atoms with E-state index in [1.807, 2.05) is 41.4 Å². The Balaban J connectivity index is 0.00000378. The first-order chi connectivity index (χ1) is 23.1. The third kappa shape index (κ3) is 4.90. The van der Waals surface area contributed by atoms with E-state index in [0.717, 1.165) is 54.9 Å². The molecule has 0 saturated carbocycles. The van der Waals surface area contributed by atoms with Crippen LogP contribution in [0.1, 0.15) is 9.68 Å². The summed E-state index contributed by atoms with van der Waals surface area (Å²) in [6.07, 6.45) is 1.89. The molecule has 0 aliphatic carbocycles. The summed E-state index contributed by atoms with van der Waals surface area (Å²) in [4.78, 5) is 8.41. The fourth-order valence-corrected chi connectivity index (χ4v) is 8.82. The molecule has 4 nitrogen and oxygen atoms in total. The van der Waals surface area contributed by atoms with Crippen LogP contribution in [0, 0.1) is 19.1 Å². The number of aryl methyl sites for hydroxylation is 1. The van der Waals surface area contributed by atoms with Crippen LogP contribution in [0.5, 0.6) is 0 Å². The van der Waals surface area contributed by atoms with E-state index in [-0.39, 0.29) is 27.7 Å². The van der Waals surface area contributed by atoms with Crippen molar-refractivity contribution in [2.75, 3.05) is 23.4 Å². The standard InChI is InChI=1S/C40H34N4Si.Pt/c1-28-12-5-6-15-33(28)29-22-23-41-40(24-29)44-36-17-8-7-16-34(36)35-21-20-32(26-39(35)44)45(3,4)31-14-11-13-30(25-31)43-27-42(2)37-18-9-10-19-38(37)43;/h5-24H,27H2,1-4H3;/q-2;+2/i2D3;. The predicted molar refractivity (Wildman–Crippen MR) is 191 cm³/mol. The number of rotatable bonds is 5. The maximum atomic E-state index is 8.14. The fourth-order valence-electron chi connectivity index (χ4n) is 6.64. The van der Waals surface area contributed by atoms with Gasteiger partial charge in [0.15, 0.2) is 0 Å². The van der Waals surface area contributed by atoms with Crippen molar-refractivity contribution in [3.63, 3.8) is 0 Å². The molecular weight excluding hydrogens is 760 g/mol. The molecule has 8 rings (SSSR count). The molecule has 0 bridgehead atoms. The molecule has 46 heavy (non-hydrogen) atoms. The topological polar surface area (TPSA) is 24.3 Å². The zero-order valence-corrected chi connectivity index (χ0v) is 29.1. The van der Waals surface area contributed by atoms with Crippen LogP contribution in [0.4, 0.5) is 17.1 Å². The maximum Gasteiger partial charge on any atom is 2.00 e. The molecule has 1 aliphatic heterocycles. The molecule has 228 valence electrons. The summed E-state index contributed by atoms with van der Waals surface area (Å²) in [5, 5.41) is 4.59. The molecule has 0 fully saturated rings. The Bertz CT molecular complexity index is 2350. The molecule has 0 N–H and O–H groups in total. The molecular formula is C40H34N4PtSi. The van der Waals surface area contributed by atoms with Crippen molar-refractivity contribution in [1.82, 2.24) is 9.55 Å². The summed E-state index contributed by atoms with van der Waals surface area (Å²) in [7, 11) is -2.34. The minimum atomic E-state index is -2.34. The number of aromatic nitrogens is 2. The number of benzene rings is 5. The zero-order chi connectivity index (χ0) is 33.2. The molecule has 0 saturated heterocycles. The van der Waals surface area contributed by atoms with Gasteiger partial charge in [-0.25, -0.2) is 4.98 Å². The predicted octanol–water partition coefficient (Wildman–Crippen LogP) is 8.12. The van der Waals surface area contributed by atoms with E-state index in [0.29, 0.717) is 5.69 Å². The summed E-state index contributed by atoms with van der Waals surface area (Å²) in [6, 6.07) is 47.2. The number of para-hydroxylation sites is 3. The summed E-state index contributed by atoms with van der Waals surface area (Å²) in [5.41, 5.74) is 8.08. The number of pyridine rings is 1. The third-order valence-corrected chi connectivity index (χ3v) is 12.5. The van der Waals surface area contributed by atoms with Crippen LogP contribution in [0.2, 0.25) is 13.1 Å². The van der Waals surface area contributed by atoms with Crippen molar-refractivity contribution < 1.29 is 25.2 Å². The molecule has 0 unspecified atom stereocenters. The zero-order valence-electron chi connectivity index (χ0n) is 28.9. The van der Waals surface area contributed by atoms with Crippen molar-refractivity contribution in [3.05, 3.63) is 139 Å². The monoisotopic (exact) mass is 796 g/mol. The smallest absolute Gasteiger partial charge is 0.355 e. The van der Waals surface area contributed by atoms with Crippen molar-refractivity contribution in [2.24, 2.45) is 0 Å². The molecule has 6 heteroatoms. The van der Waals surface area contributed by atoms with Gasteiger partial charge in [-0.3, -0.25) is 0 Å². The molecule has 7 aromatic rings. The number of fused-ring (bicyclic) bond motifs is 4. The van der Waals surface area contributed by atoms with E-state index in [1.165, 1.54) is 16.0 Å². The molecule has 5 aromatic carbocycles. The number of hydrogen-bond donors (Lipinski definition) is 0. The first kappa shape index (κ1) is 26.7. The first-order valence-electron chi connectivity index (χ1n) is 16.8. The molecule has 2 aromatic heterocycles. The molecule has 1 aliphatic rings. The van der Waals surface area contributed by atoms with E-state index in [2.05, 4.69) is 122 Å². The van der Waals surface area contributed by atoms with Gasteiger partial charge in [-0.2, -0.15) is 46.8 Å². The van der Waals surface area contributed by atoms with E-state index in [9.17, 15) is 0 Å². The average Bonchev–Trinajstić information content (AvgIpc) is 3.65. The van der Waals surface area contributed by atoms with Crippen LogP contribution in [0.15, 0.2) is 121 Å². The van der Waals surface area contributed by atoms with Gasteiger partial charge < -0.3 is 14.4 Å². The second-order valence-electron chi connectivity index (χ2n) is 12.3. The van der Waals surface area contributed by atoms with Crippen LogP contribution < -0.4 is 20.2 Å². The van der Waals surface area contributed by atoms with Crippen LogP contribution in [-0.2, 0) is 21.1 Å². The average molecular weight is 797 g/mol. The van der Waals surface area contributed by atoms with E-state index in [4.69, 9.17) is 9.10 Å². The van der Waals surface area contributed by atoms with Gasteiger partial charge in [0.1, 0.15) is 5.82 Å². The Labute approximate surface area is 290 Å². The van der Waals surface area contributed by atoms with E-state index >= 15 is 0 Å². The summed E-state index contributed by atoms with van der Waals surface area (Å²) >= 11 is 0. The summed E-state index contributed by atoms with van der Waals surface area (Å²) in [5.74, 6) is 0.856. The Hall–Kier alpha value is -4.44. The quantitative estimate of drug-likeness (QED) is 0.130. The number of hydrogen-bond acceptors (Lipinski definition) is 3. The minimum absolute atomic E-state index is 0. The van der Waals surface area contributed by atoms with Gasteiger partial charge in [0.25, 0.3) is 0 Å². The van der Waals surface area contributed by atoms with Gasteiger partial charge in [-0.15, -0.1) is 11.5 Å². The van der Waals surface area contributed by atoms with Crippen LogP contribution in [-0.4, -0.2) is 31.3 Å². The summed E-state index contributed by atoms with van der Waals surface area (Å²) < 4.78 is 26.6. The third-order valence-electron chi connectivity index (χ3n) is 9.18. The second kappa shape index (κ2) is 11.7. The van der Waals surface area contributed by atoms with E-state index in [1.54, 1.807) is 0 Å². The van der Waals surface area contributed by atoms with Gasteiger partial charge >= 0.3 is 21.1 Å². The molecule has 0 spiro atoms. The first-order valence-corrected chi connectivity index (χ1v) is 18.3. The van der Waals surface area contributed by atoms with Gasteiger partial charge in [0, 0.05) is 22.8 Å². The van der Waals surface area contributed by atoms with Crippen molar-refractivity contribution in [1.29, 1.82) is 0 Å². The normalized spacial score (nSPS) is 14.1. The maximum absolute atomic E-state index is 8.14. The Morgan fingerprint density at radius 2 is 1.52 bits per heavy atom. The van der Waals surface area contributed by atoms with Crippen molar-refractivity contribution >= 4 is 57.3 Å². The summed E-state index contributed by atoms with van der Waals surface area (Å²) in [6.45, 7) is 4.80. The van der Waals surface area contributed by atoms with E-state index < -0.39 is 15.0 Å². The minimum Gasteiger partial charge on any atom is -0.355 e. The molecule has 0 atom stereocenters. The molecule has 0 amide bonds. The number of nitrogens with zero attached hydrogens (tertiary/aromatic N) is 4. The Morgan fingerprint density at radius 3 is 2.37 bits per heavy atom.